The zero-order chi connectivity index (χ0) is 22.8. The van der Waals surface area contributed by atoms with E-state index in [1.54, 1.807) is 13.2 Å². The highest BCUT2D eigenvalue weighted by Gasteiger charge is 2.35. The Morgan fingerprint density at radius 2 is 1.91 bits per heavy atom. The largest absolute Gasteiger partial charge is 0.497 e. The quantitative estimate of drug-likeness (QED) is 0.546. The summed E-state index contributed by atoms with van der Waals surface area (Å²) in [7, 11) is 1.58. The third kappa shape index (κ3) is 4.43. The molecule has 2 heterocycles. The first kappa shape index (κ1) is 21.8. The predicted molar refractivity (Wildman–Crippen MR) is 122 cm³/mol. The van der Waals surface area contributed by atoms with Gasteiger partial charge in [-0.25, -0.2) is 9.99 Å². The van der Waals surface area contributed by atoms with Gasteiger partial charge in [0.2, 0.25) is 5.91 Å². The van der Waals surface area contributed by atoms with Crippen molar-refractivity contribution in [1.29, 1.82) is 0 Å². The second kappa shape index (κ2) is 8.96. The molecular formula is C24H22ClN3O4. The molecule has 0 saturated heterocycles. The number of aliphatic carboxylic acids is 1. The number of benzene rings is 2. The maximum Gasteiger partial charge on any atom is 0.303 e. The molecule has 1 N–H and O–H groups in total. The molecule has 1 atom stereocenters. The molecule has 0 aliphatic carbocycles. The lowest BCUT2D eigenvalue weighted by Gasteiger charge is -2.23. The number of methoxy groups -OCH3 is 1. The summed E-state index contributed by atoms with van der Waals surface area (Å²) in [6, 6.07) is 14.8. The number of fused-ring (bicyclic) bond motifs is 1. The van der Waals surface area contributed by atoms with Gasteiger partial charge in [0.1, 0.15) is 10.9 Å². The second-order valence-corrected chi connectivity index (χ2v) is 8.05. The molecule has 0 spiro atoms. The van der Waals surface area contributed by atoms with Gasteiger partial charge in [-0.15, -0.1) is 0 Å². The number of rotatable bonds is 6. The van der Waals surface area contributed by atoms with Crippen molar-refractivity contribution < 1.29 is 19.4 Å². The van der Waals surface area contributed by atoms with Crippen molar-refractivity contribution in [1.82, 2.24) is 9.99 Å². The maximum atomic E-state index is 12.9. The Balaban J connectivity index is 1.73. The summed E-state index contributed by atoms with van der Waals surface area (Å²) in [5, 5.41) is 16.1. The summed E-state index contributed by atoms with van der Waals surface area (Å²) in [4.78, 5) is 28.4. The van der Waals surface area contributed by atoms with Crippen LogP contribution in [0.3, 0.4) is 0 Å². The number of hydrogen-bond donors (Lipinski definition) is 1. The van der Waals surface area contributed by atoms with E-state index in [1.165, 1.54) is 5.01 Å². The van der Waals surface area contributed by atoms with Gasteiger partial charge >= 0.3 is 5.97 Å². The van der Waals surface area contributed by atoms with Gasteiger partial charge in [-0.2, -0.15) is 5.10 Å². The monoisotopic (exact) mass is 451 g/mol. The average molecular weight is 452 g/mol. The van der Waals surface area contributed by atoms with E-state index in [0.29, 0.717) is 23.3 Å². The van der Waals surface area contributed by atoms with E-state index < -0.39 is 12.0 Å². The second-order valence-electron chi connectivity index (χ2n) is 7.69. The van der Waals surface area contributed by atoms with E-state index >= 15 is 0 Å². The number of amides is 1. The fraction of sp³-hybridized carbons (Fsp3) is 0.250. The fourth-order valence-corrected chi connectivity index (χ4v) is 4.00. The van der Waals surface area contributed by atoms with Crippen LogP contribution >= 0.6 is 11.6 Å². The Morgan fingerprint density at radius 1 is 1.16 bits per heavy atom. The molecule has 2 aromatic carbocycles. The first-order valence-electron chi connectivity index (χ1n) is 10.2. The minimum atomic E-state index is -1.03. The number of carbonyl (C=O) groups excluding carboxylic acids is 1. The molecule has 1 aromatic heterocycles. The van der Waals surface area contributed by atoms with Crippen molar-refractivity contribution in [2.45, 2.75) is 32.2 Å². The van der Waals surface area contributed by atoms with Crippen molar-refractivity contribution in [3.63, 3.8) is 0 Å². The number of nitrogens with zero attached hydrogens (tertiary/aromatic N) is 3. The van der Waals surface area contributed by atoms with Gasteiger partial charge < -0.3 is 9.84 Å². The maximum absolute atomic E-state index is 12.9. The van der Waals surface area contributed by atoms with Crippen molar-refractivity contribution >= 4 is 40.1 Å². The molecule has 0 radical (unpaired) electrons. The molecule has 0 unspecified atom stereocenters. The summed E-state index contributed by atoms with van der Waals surface area (Å²) < 4.78 is 5.26. The van der Waals surface area contributed by atoms with Crippen LogP contribution in [0.15, 0.2) is 53.6 Å². The van der Waals surface area contributed by atoms with Gasteiger partial charge in [-0.1, -0.05) is 41.4 Å². The number of aromatic nitrogens is 1. The van der Waals surface area contributed by atoms with Gasteiger partial charge in [0.05, 0.1) is 30.8 Å². The molecule has 1 aliphatic rings. The topological polar surface area (TPSA) is 92.1 Å². The van der Waals surface area contributed by atoms with Crippen LogP contribution in [0.2, 0.25) is 5.15 Å². The number of carbonyl (C=O) groups is 2. The third-order valence-corrected chi connectivity index (χ3v) is 5.77. The summed E-state index contributed by atoms with van der Waals surface area (Å²) in [6.45, 7) is 2.00. The molecule has 164 valence electrons. The standard InChI is InChI=1S/C24H22ClN3O4/c1-14-3-5-15(6-4-14)20-13-21(28(27-20)22(29)9-10-23(30)31)18-11-16-7-8-17(32-2)12-19(16)26-24(18)25/h3-8,11-12,21H,9-10,13H2,1-2H3,(H,30,31)/t21-/m0/s1. The lowest BCUT2D eigenvalue weighted by molar-refractivity contribution is -0.141. The molecule has 0 fully saturated rings. The van der Waals surface area contributed by atoms with Crippen LogP contribution in [-0.4, -0.2) is 39.8 Å². The molecule has 3 aromatic rings. The van der Waals surface area contributed by atoms with Crippen LogP contribution < -0.4 is 4.74 Å². The lowest BCUT2D eigenvalue weighted by atomic mass is 9.97. The molecule has 32 heavy (non-hydrogen) atoms. The van der Waals surface area contributed by atoms with Crippen molar-refractivity contribution in [2.24, 2.45) is 5.10 Å². The van der Waals surface area contributed by atoms with E-state index in [2.05, 4.69) is 10.1 Å². The summed E-state index contributed by atoms with van der Waals surface area (Å²) in [5.74, 6) is -0.730. The van der Waals surface area contributed by atoms with Crippen LogP contribution in [0.5, 0.6) is 5.75 Å². The lowest BCUT2D eigenvalue weighted by Crippen LogP contribution is -2.27. The number of carboxylic acid groups (broad SMARTS) is 1. The number of carboxylic acids is 1. The van der Waals surface area contributed by atoms with Gasteiger partial charge in [-0.3, -0.25) is 9.59 Å². The Morgan fingerprint density at radius 3 is 2.59 bits per heavy atom. The number of halogens is 1. The van der Waals surface area contributed by atoms with Gasteiger partial charge in [0.25, 0.3) is 0 Å². The molecule has 1 amide bonds. The normalized spacial score (nSPS) is 15.7. The number of pyridine rings is 1. The zero-order valence-electron chi connectivity index (χ0n) is 17.7. The third-order valence-electron chi connectivity index (χ3n) is 5.47. The first-order chi connectivity index (χ1) is 15.4. The summed E-state index contributed by atoms with van der Waals surface area (Å²) in [6.07, 6.45) is 0.0399. The van der Waals surface area contributed by atoms with E-state index in [1.807, 2.05) is 49.4 Å². The minimum absolute atomic E-state index is 0.146. The molecule has 0 saturated carbocycles. The minimum Gasteiger partial charge on any atom is -0.497 e. The summed E-state index contributed by atoms with van der Waals surface area (Å²) in [5.41, 5.74) is 4.11. The van der Waals surface area contributed by atoms with Gasteiger partial charge in [-0.05, 0) is 30.7 Å². The number of hydrazone groups is 1. The predicted octanol–water partition coefficient (Wildman–Crippen LogP) is 4.75. The van der Waals surface area contributed by atoms with E-state index in [-0.39, 0.29) is 23.9 Å². The van der Waals surface area contributed by atoms with E-state index in [9.17, 15) is 9.59 Å². The van der Waals surface area contributed by atoms with Crippen LogP contribution in [0.1, 0.15) is 42.0 Å². The number of hydrogen-bond acceptors (Lipinski definition) is 5. The fourth-order valence-electron chi connectivity index (χ4n) is 3.73. The molecule has 4 rings (SSSR count). The highest BCUT2D eigenvalue weighted by Crippen LogP contribution is 2.38. The van der Waals surface area contributed by atoms with Crippen LogP contribution in [0.4, 0.5) is 0 Å². The van der Waals surface area contributed by atoms with Gasteiger partial charge in [0, 0.05) is 29.9 Å². The van der Waals surface area contributed by atoms with E-state index in [4.69, 9.17) is 21.4 Å². The first-order valence-corrected chi connectivity index (χ1v) is 10.6. The zero-order valence-corrected chi connectivity index (χ0v) is 18.5. The smallest absolute Gasteiger partial charge is 0.303 e. The van der Waals surface area contributed by atoms with Crippen LogP contribution in [0.25, 0.3) is 10.9 Å². The summed E-state index contributed by atoms with van der Waals surface area (Å²) >= 11 is 6.56. The van der Waals surface area contributed by atoms with Crippen LogP contribution in [0, 0.1) is 6.92 Å². The van der Waals surface area contributed by atoms with Gasteiger partial charge in [0.15, 0.2) is 0 Å². The van der Waals surface area contributed by atoms with E-state index in [0.717, 1.165) is 22.2 Å². The van der Waals surface area contributed by atoms with Crippen molar-refractivity contribution in [3.8, 4) is 5.75 Å². The molecule has 1 aliphatic heterocycles. The number of ether oxygens (including phenoxy) is 1. The Hall–Kier alpha value is -3.45. The SMILES string of the molecule is COc1ccc2cc([C@@H]3CC(c4ccc(C)cc4)=NN3C(=O)CCC(=O)O)c(Cl)nc2c1. The Labute approximate surface area is 190 Å². The molecule has 7 nitrogen and oxygen atoms in total. The van der Waals surface area contributed by atoms with Crippen LogP contribution in [-0.2, 0) is 9.59 Å². The highest BCUT2D eigenvalue weighted by molar-refractivity contribution is 6.30. The van der Waals surface area contributed by atoms with Crippen molar-refractivity contribution in [2.75, 3.05) is 7.11 Å². The Kier molecular flexibility index (Phi) is 6.10. The Bertz CT molecular complexity index is 1220. The molecule has 0 bridgehead atoms. The highest BCUT2D eigenvalue weighted by atomic mass is 35.5. The molecule has 8 heteroatoms. The number of aryl methyl sites for hydroxylation is 1. The van der Waals surface area contributed by atoms with Crippen molar-refractivity contribution in [3.05, 3.63) is 70.4 Å². The molecular weight excluding hydrogens is 430 g/mol. The average Bonchev–Trinajstić information content (AvgIpc) is 3.22.